The van der Waals surface area contributed by atoms with Crippen molar-refractivity contribution in [2.24, 2.45) is 0 Å². The highest BCUT2D eigenvalue weighted by Gasteiger charge is 2.21. The maximum Gasteiger partial charge on any atom is 0.336 e. The minimum absolute atomic E-state index is 0.183. The zero-order valence-corrected chi connectivity index (χ0v) is 18.6. The normalized spacial score (nSPS) is 12.0. The molecule has 154 valence electrons. The molecule has 0 saturated heterocycles. The molecule has 0 bridgehead atoms. The lowest BCUT2D eigenvalue weighted by atomic mass is 10.0. The van der Waals surface area contributed by atoms with Crippen LogP contribution in [0.4, 0.5) is 0 Å². The first-order valence-corrected chi connectivity index (χ1v) is 11.8. The standard InChI is InChI=1S/C21H24N2O4S2/c1-5-23(6-2)29(25,26)17-8-10-19(22-12-17)28-13-16-11-20(24)27-21-15(4)14(3)7-9-18(16)21/h7-12H,5-6,13H2,1-4H3. The summed E-state index contributed by atoms with van der Waals surface area (Å²) in [6.45, 7) is 8.36. The molecule has 8 heteroatoms. The lowest BCUT2D eigenvalue weighted by molar-refractivity contribution is 0.445. The fourth-order valence-corrected chi connectivity index (χ4v) is 5.35. The predicted molar refractivity (Wildman–Crippen MR) is 116 cm³/mol. The van der Waals surface area contributed by atoms with Gasteiger partial charge in [-0.15, -0.1) is 11.8 Å². The van der Waals surface area contributed by atoms with Crippen LogP contribution in [0.5, 0.6) is 0 Å². The first kappa shape index (κ1) is 21.5. The van der Waals surface area contributed by atoms with Crippen molar-refractivity contribution >= 4 is 32.8 Å². The van der Waals surface area contributed by atoms with Crippen LogP contribution >= 0.6 is 11.8 Å². The van der Waals surface area contributed by atoms with Gasteiger partial charge in [0, 0.05) is 36.5 Å². The number of hydrogen-bond donors (Lipinski definition) is 0. The summed E-state index contributed by atoms with van der Waals surface area (Å²) in [7, 11) is -3.52. The molecule has 0 aliphatic carbocycles. The molecule has 0 aliphatic rings. The minimum Gasteiger partial charge on any atom is -0.422 e. The number of thioether (sulfide) groups is 1. The van der Waals surface area contributed by atoms with Gasteiger partial charge in [-0.2, -0.15) is 4.31 Å². The van der Waals surface area contributed by atoms with Gasteiger partial charge >= 0.3 is 5.63 Å². The average molecular weight is 433 g/mol. The highest BCUT2D eigenvalue weighted by Crippen LogP contribution is 2.28. The summed E-state index contributed by atoms with van der Waals surface area (Å²) in [5, 5.41) is 1.59. The molecule has 3 aromatic rings. The van der Waals surface area contributed by atoms with Gasteiger partial charge in [0.2, 0.25) is 10.0 Å². The average Bonchev–Trinajstić information content (AvgIpc) is 2.70. The summed E-state index contributed by atoms with van der Waals surface area (Å²) in [5.74, 6) is 0.528. The monoisotopic (exact) mass is 432 g/mol. The van der Waals surface area contributed by atoms with Gasteiger partial charge in [0.1, 0.15) is 10.5 Å². The number of nitrogens with zero attached hydrogens (tertiary/aromatic N) is 2. The fourth-order valence-electron chi connectivity index (χ4n) is 3.11. The Balaban J connectivity index is 1.84. The number of hydrogen-bond acceptors (Lipinski definition) is 6. The summed E-state index contributed by atoms with van der Waals surface area (Å²) >= 11 is 1.45. The fraction of sp³-hybridized carbons (Fsp3) is 0.333. The summed E-state index contributed by atoms with van der Waals surface area (Å²) in [5.41, 5.74) is 3.12. The Morgan fingerprint density at radius 1 is 1.10 bits per heavy atom. The van der Waals surface area contributed by atoms with Gasteiger partial charge in [-0.25, -0.2) is 18.2 Å². The Labute approximate surface area is 175 Å². The van der Waals surface area contributed by atoms with Crippen LogP contribution in [0, 0.1) is 13.8 Å². The zero-order chi connectivity index (χ0) is 21.2. The SMILES string of the molecule is CCN(CC)S(=O)(=O)c1ccc(SCc2cc(=O)oc3c(C)c(C)ccc23)nc1. The molecular weight excluding hydrogens is 408 g/mol. The molecule has 2 aromatic heterocycles. The summed E-state index contributed by atoms with van der Waals surface area (Å²) < 4.78 is 31.9. The van der Waals surface area contributed by atoms with E-state index in [1.54, 1.807) is 12.1 Å². The van der Waals surface area contributed by atoms with Crippen LogP contribution in [0.3, 0.4) is 0 Å². The number of benzene rings is 1. The third-order valence-corrected chi connectivity index (χ3v) is 7.97. The molecule has 0 radical (unpaired) electrons. The number of sulfonamides is 1. The largest absolute Gasteiger partial charge is 0.422 e. The van der Waals surface area contributed by atoms with Crippen LogP contribution in [-0.4, -0.2) is 30.8 Å². The first-order chi connectivity index (χ1) is 13.8. The van der Waals surface area contributed by atoms with Crippen LogP contribution in [0.1, 0.15) is 30.5 Å². The predicted octanol–water partition coefficient (Wildman–Crippen LogP) is 4.13. The van der Waals surface area contributed by atoms with Gasteiger partial charge < -0.3 is 4.42 Å². The smallest absolute Gasteiger partial charge is 0.336 e. The van der Waals surface area contributed by atoms with Crippen molar-refractivity contribution in [1.29, 1.82) is 0 Å². The van der Waals surface area contributed by atoms with Crippen molar-refractivity contribution < 1.29 is 12.8 Å². The summed E-state index contributed by atoms with van der Waals surface area (Å²) in [6, 6.07) is 8.75. The van der Waals surface area contributed by atoms with E-state index in [9.17, 15) is 13.2 Å². The Morgan fingerprint density at radius 2 is 1.83 bits per heavy atom. The van der Waals surface area contributed by atoms with Gasteiger partial charge in [-0.1, -0.05) is 26.0 Å². The van der Waals surface area contributed by atoms with E-state index >= 15 is 0 Å². The number of rotatable bonds is 7. The van der Waals surface area contributed by atoms with Gasteiger partial charge in [-0.05, 0) is 42.7 Å². The molecule has 2 heterocycles. The lowest BCUT2D eigenvalue weighted by Gasteiger charge is -2.18. The Kier molecular flexibility index (Phi) is 6.45. The van der Waals surface area contributed by atoms with Crippen LogP contribution in [-0.2, 0) is 15.8 Å². The zero-order valence-electron chi connectivity index (χ0n) is 16.9. The van der Waals surface area contributed by atoms with E-state index in [1.807, 2.05) is 39.8 Å². The van der Waals surface area contributed by atoms with E-state index < -0.39 is 10.0 Å². The highest BCUT2D eigenvalue weighted by molar-refractivity contribution is 7.98. The molecule has 0 N–H and O–H groups in total. The third-order valence-electron chi connectivity index (χ3n) is 4.95. The first-order valence-electron chi connectivity index (χ1n) is 9.39. The molecular formula is C21H24N2O4S2. The van der Waals surface area contributed by atoms with Crippen molar-refractivity contribution in [3.63, 3.8) is 0 Å². The highest BCUT2D eigenvalue weighted by atomic mass is 32.2. The second-order valence-corrected chi connectivity index (χ2v) is 9.62. The van der Waals surface area contributed by atoms with Crippen molar-refractivity contribution in [1.82, 2.24) is 9.29 Å². The van der Waals surface area contributed by atoms with E-state index in [4.69, 9.17) is 4.42 Å². The molecule has 0 atom stereocenters. The van der Waals surface area contributed by atoms with Gasteiger partial charge in [0.05, 0.1) is 5.03 Å². The second-order valence-electron chi connectivity index (χ2n) is 6.68. The van der Waals surface area contributed by atoms with E-state index in [0.717, 1.165) is 22.1 Å². The molecule has 6 nitrogen and oxygen atoms in total. The Hall–Kier alpha value is -2.16. The second kappa shape index (κ2) is 8.69. The van der Waals surface area contributed by atoms with E-state index in [0.29, 0.717) is 29.5 Å². The number of aryl methyl sites for hydroxylation is 2. The van der Waals surface area contributed by atoms with Crippen LogP contribution in [0.25, 0.3) is 11.0 Å². The van der Waals surface area contributed by atoms with Crippen molar-refractivity contribution in [2.75, 3.05) is 13.1 Å². The van der Waals surface area contributed by atoms with Gasteiger partial charge in [0.15, 0.2) is 0 Å². The van der Waals surface area contributed by atoms with Crippen LogP contribution in [0.2, 0.25) is 0 Å². The minimum atomic E-state index is -3.52. The van der Waals surface area contributed by atoms with Crippen molar-refractivity contribution in [2.45, 2.75) is 43.4 Å². The quantitative estimate of drug-likeness (QED) is 0.413. The molecule has 0 fully saturated rings. The Bertz CT molecular complexity index is 1180. The van der Waals surface area contributed by atoms with Crippen molar-refractivity contribution in [3.05, 3.63) is 63.6 Å². The molecule has 0 aliphatic heterocycles. The van der Waals surface area contributed by atoms with Gasteiger partial charge in [-0.3, -0.25) is 0 Å². The van der Waals surface area contributed by atoms with E-state index in [1.165, 1.54) is 28.3 Å². The Morgan fingerprint density at radius 3 is 2.45 bits per heavy atom. The molecule has 29 heavy (non-hydrogen) atoms. The van der Waals surface area contributed by atoms with Gasteiger partial charge in [0.25, 0.3) is 0 Å². The maximum atomic E-state index is 12.6. The third kappa shape index (κ3) is 4.39. The van der Waals surface area contributed by atoms with Crippen molar-refractivity contribution in [3.8, 4) is 0 Å². The van der Waals surface area contributed by atoms with Crippen LogP contribution < -0.4 is 5.63 Å². The maximum absolute atomic E-state index is 12.6. The number of pyridine rings is 1. The molecule has 0 spiro atoms. The summed E-state index contributed by atoms with van der Waals surface area (Å²) in [6.07, 6.45) is 1.39. The van der Waals surface area contributed by atoms with E-state index in [2.05, 4.69) is 4.98 Å². The molecule has 1 aromatic carbocycles. The number of fused-ring (bicyclic) bond motifs is 1. The lowest BCUT2D eigenvalue weighted by Crippen LogP contribution is -2.30. The molecule has 0 unspecified atom stereocenters. The van der Waals surface area contributed by atoms with Crippen LogP contribution in [0.15, 0.2) is 55.7 Å². The molecule has 0 amide bonds. The molecule has 0 saturated carbocycles. The number of aromatic nitrogens is 1. The topological polar surface area (TPSA) is 80.5 Å². The van der Waals surface area contributed by atoms with E-state index in [-0.39, 0.29) is 10.5 Å². The molecule has 3 rings (SSSR count). The summed E-state index contributed by atoms with van der Waals surface area (Å²) in [4.78, 5) is 16.5.